The number of benzene rings is 2. The van der Waals surface area contributed by atoms with Gasteiger partial charge in [-0.3, -0.25) is 10.4 Å². The number of H-pyrrole nitrogens is 1. The Morgan fingerprint density at radius 2 is 1.88 bits per heavy atom. The highest BCUT2D eigenvalue weighted by molar-refractivity contribution is 6.34. The molecule has 3 aromatic rings. The highest BCUT2D eigenvalue weighted by atomic mass is 35.5. The fraction of sp³-hybridized carbons (Fsp3) is 0.0667. The number of carbonyl (C=O) groups is 1. The predicted molar refractivity (Wildman–Crippen MR) is 84.7 cm³/mol. The maximum atomic E-state index is 12.2. The summed E-state index contributed by atoms with van der Waals surface area (Å²) in [6, 6.07) is 11.0. The van der Waals surface area contributed by atoms with Gasteiger partial charge in [-0.15, -0.1) is 0 Å². The first-order chi connectivity index (χ1) is 11.3. The van der Waals surface area contributed by atoms with E-state index in [1.165, 1.54) is 0 Å². The molecule has 0 atom stereocenters. The molecule has 9 heteroatoms. The highest BCUT2D eigenvalue weighted by Crippen LogP contribution is 2.33. The van der Waals surface area contributed by atoms with Crippen LogP contribution in [-0.4, -0.2) is 22.5 Å². The van der Waals surface area contributed by atoms with E-state index in [9.17, 15) is 18.0 Å². The summed E-state index contributed by atoms with van der Waals surface area (Å²) < 4.78 is 36.5. The first-order valence-electron chi connectivity index (χ1n) is 6.72. The van der Waals surface area contributed by atoms with Crippen LogP contribution >= 0.6 is 11.6 Å². The lowest BCUT2D eigenvalue weighted by Crippen LogP contribution is -2.40. The molecule has 0 aliphatic heterocycles. The lowest BCUT2D eigenvalue weighted by molar-refractivity contribution is -0.144. The highest BCUT2D eigenvalue weighted by Gasteiger charge is 2.30. The Kier molecular flexibility index (Phi) is 4.06. The molecule has 5 nitrogen and oxygen atoms in total. The van der Waals surface area contributed by atoms with E-state index in [-0.39, 0.29) is 5.82 Å². The summed E-state index contributed by atoms with van der Waals surface area (Å²) in [6.45, 7) is 0. The SMILES string of the molecule is O=C(Nc1n[nH]c2cc(Cl)c(-c3ccccc3)cc12)NC(F)(F)F. The Morgan fingerprint density at radius 1 is 1.17 bits per heavy atom. The van der Waals surface area contributed by atoms with Gasteiger partial charge in [0.25, 0.3) is 0 Å². The van der Waals surface area contributed by atoms with Crippen LogP contribution in [0.15, 0.2) is 42.5 Å². The Hall–Kier alpha value is -2.74. The quantitative estimate of drug-likeness (QED) is 0.592. The number of aromatic nitrogens is 2. The van der Waals surface area contributed by atoms with Crippen LogP contribution in [0.2, 0.25) is 5.02 Å². The number of hydrogen-bond acceptors (Lipinski definition) is 2. The van der Waals surface area contributed by atoms with Gasteiger partial charge in [0.05, 0.1) is 10.5 Å². The minimum atomic E-state index is -4.82. The van der Waals surface area contributed by atoms with Crippen LogP contribution in [-0.2, 0) is 0 Å². The average molecular weight is 355 g/mol. The molecule has 2 amide bonds. The van der Waals surface area contributed by atoms with Gasteiger partial charge in [0.1, 0.15) is 0 Å². The van der Waals surface area contributed by atoms with Crippen LogP contribution in [0.4, 0.5) is 23.8 Å². The van der Waals surface area contributed by atoms with Gasteiger partial charge >= 0.3 is 12.3 Å². The molecule has 1 heterocycles. The van der Waals surface area contributed by atoms with Gasteiger partial charge in [0.2, 0.25) is 0 Å². The molecule has 0 aliphatic carbocycles. The Balaban J connectivity index is 1.98. The average Bonchev–Trinajstić information content (AvgIpc) is 2.87. The number of aromatic amines is 1. The molecule has 2 aromatic carbocycles. The maximum Gasteiger partial charge on any atom is 0.485 e. The molecule has 24 heavy (non-hydrogen) atoms. The molecule has 0 spiro atoms. The molecule has 0 fully saturated rings. The monoisotopic (exact) mass is 354 g/mol. The van der Waals surface area contributed by atoms with Crippen LogP contribution in [0, 0.1) is 0 Å². The number of urea groups is 1. The second-order valence-corrected chi connectivity index (χ2v) is 5.30. The zero-order valence-electron chi connectivity index (χ0n) is 11.9. The van der Waals surface area contributed by atoms with E-state index in [0.717, 1.165) is 10.9 Å². The number of carbonyl (C=O) groups excluding carboxylic acids is 1. The van der Waals surface area contributed by atoms with Crippen LogP contribution in [0.25, 0.3) is 22.0 Å². The number of anilines is 1. The molecule has 0 radical (unpaired) electrons. The minimum Gasteiger partial charge on any atom is -0.290 e. The number of nitrogens with one attached hydrogen (secondary N) is 3. The van der Waals surface area contributed by atoms with Gasteiger partial charge in [0.15, 0.2) is 5.82 Å². The molecule has 0 aliphatic rings. The van der Waals surface area contributed by atoms with Crippen molar-refractivity contribution in [3.63, 3.8) is 0 Å². The van der Waals surface area contributed by atoms with Crippen LogP contribution < -0.4 is 10.6 Å². The number of fused-ring (bicyclic) bond motifs is 1. The fourth-order valence-corrected chi connectivity index (χ4v) is 2.51. The fourth-order valence-electron chi connectivity index (χ4n) is 2.24. The molecule has 0 unspecified atom stereocenters. The van der Waals surface area contributed by atoms with E-state index in [1.54, 1.807) is 12.1 Å². The first kappa shape index (κ1) is 16.1. The number of nitrogens with zero attached hydrogens (tertiary/aromatic N) is 1. The summed E-state index contributed by atoms with van der Waals surface area (Å²) in [5, 5.41) is 10.2. The molecule has 3 N–H and O–H groups in total. The summed E-state index contributed by atoms with van der Waals surface area (Å²) in [5.74, 6) is -0.0272. The summed E-state index contributed by atoms with van der Waals surface area (Å²) in [7, 11) is 0. The topological polar surface area (TPSA) is 69.8 Å². The van der Waals surface area contributed by atoms with Gasteiger partial charge in [-0.05, 0) is 17.7 Å². The Bertz CT molecular complexity index is 893. The van der Waals surface area contributed by atoms with Crippen molar-refractivity contribution in [3.05, 3.63) is 47.5 Å². The first-order valence-corrected chi connectivity index (χ1v) is 7.10. The summed E-state index contributed by atoms with van der Waals surface area (Å²) in [4.78, 5) is 11.4. The number of halogens is 4. The van der Waals surface area contributed by atoms with Crippen molar-refractivity contribution < 1.29 is 18.0 Å². The van der Waals surface area contributed by atoms with Crippen molar-refractivity contribution in [2.75, 3.05) is 5.32 Å². The molecular formula is C15H10ClF3N4O. The lowest BCUT2D eigenvalue weighted by atomic mass is 10.0. The van der Waals surface area contributed by atoms with Crippen LogP contribution in [0.5, 0.6) is 0 Å². The second-order valence-electron chi connectivity index (χ2n) is 4.89. The normalized spacial score (nSPS) is 11.5. The second kappa shape index (κ2) is 6.04. The molecule has 3 rings (SSSR count). The number of amides is 2. The minimum absolute atomic E-state index is 0.0272. The largest absolute Gasteiger partial charge is 0.485 e. The van der Waals surface area contributed by atoms with Crippen molar-refractivity contribution in [1.82, 2.24) is 15.5 Å². The van der Waals surface area contributed by atoms with Crippen LogP contribution in [0.3, 0.4) is 0 Å². The predicted octanol–water partition coefficient (Wildman–Crippen LogP) is 4.52. The number of alkyl halides is 3. The van der Waals surface area contributed by atoms with Crippen LogP contribution in [0.1, 0.15) is 0 Å². The van der Waals surface area contributed by atoms with Crippen molar-refractivity contribution in [1.29, 1.82) is 0 Å². The van der Waals surface area contributed by atoms with Gasteiger partial charge < -0.3 is 0 Å². The van der Waals surface area contributed by atoms with Gasteiger partial charge in [-0.1, -0.05) is 41.9 Å². The number of rotatable bonds is 2. The maximum absolute atomic E-state index is 12.2. The summed E-state index contributed by atoms with van der Waals surface area (Å²) in [5.41, 5.74) is 1.99. The molecule has 0 saturated heterocycles. The third kappa shape index (κ3) is 3.43. The van der Waals surface area contributed by atoms with Gasteiger partial charge in [0, 0.05) is 10.9 Å². The van der Waals surface area contributed by atoms with Gasteiger partial charge in [-0.25, -0.2) is 10.1 Å². The standard InChI is InChI=1S/C15H10ClF3N4O/c16-11-7-12-10(6-9(11)8-4-2-1-3-5-8)13(23-22-12)20-14(24)21-15(17,18)19/h1-7H,(H3,20,21,22,23,24). The molecule has 0 saturated carbocycles. The zero-order valence-corrected chi connectivity index (χ0v) is 12.7. The van der Waals surface area contributed by atoms with E-state index < -0.39 is 12.3 Å². The third-order valence-corrected chi connectivity index (χ3v) is 3.54. The van der Waals surface area contributed by atoms with Crippen molar-refractivity contribution >= 4 is 34.4 Å². The molecule has 0 bridgehead atoms. The molecule has 124 valence electrons. The van der Waals surface area contributed by atoms with Crippen molar-refractivity contribution in [2.45, 2.75) is 6.30 Å². The smallest absolute Gasteiger partial charge is 0.290 e. The zero-order chi connectivity index (χ0) is 17.3. The van der Waals surface area contributed by atoms with E-state index >= 15 is 0 Å². The summed E-state index contributed by atoms with van der Waals surface area (Å²) in [6.07, 6.45) is -4.82. The Labute approximate surface area is 138 Å². The van der Waals surface area contributed by atoms with Crippen molar-refractivity contribution in [2.24, 2.45) is 0 Å². The van der Waals surface area contributed by atoms with E-state index in [0.29, 0.717) is 21.5 Å². The molecule has 1 aromatic heterocycles. The van der Waals surface area contributed by atoms with E-state index in [2.05, 4.69) is 15.5 Å². The van der Waals surface area contributed by atoms with Crippen molar-refractivity contribution in [3.8, 4) is 11.1 Å². The number of hydrogen-bond donors (Lipinski definition) is 3. The lowest BCUT2D eigenvalue weighted by Gasteiger charge is -2.09. The van der Waals surface area contributed by atoms with E-state index in [1.807, 2.05) is 30.3 Å². The summed E-state index contributed by atoms with van der Waals surface area (Å²) >= 11 is 6.24. The van der Waals surface area contributed by atoms with E-state index in [4.69, 9.17) is 11.6 Å². The van der Waals surface area contributed by atoms with Gasteiger partial charge in [-0.2, -0.15) is 18.3 Å². The third-order valence-electron chi connectivity index (χ3n) is 3.22. The molecular weight excluding hydrogens is 345 g/mol. The Morgan fingerprint density at radius 3 is 2.54 bits per heavy atom.